The first kappa shape index (κ1) is 19.9. The number of nitro groups is 1. The van der Waals surface area contributed by atoms with Crippen molar-refractivity contribution >= 4 is 16.7 Å². The Bertz CT molecular complexity index is 825. The highest BCUT2D eigenvalue weighted by molar-refractivity contribution is 5.89. The molecule has 0 aliphatic heterocycles. The number of benzene rings is 1. The van der Waals surface area contributed by atoms with Gasteiger partial charge in [-0.1, -0.05) is 45.4 Å². The van der Waals surface area contributed by atoms with Crippen LogP contribution in [0.3, 0.4) is 0 Å². The number of hydrogen-bond acceptors (Lipinski definition) is 5. The van der Waals surface area contributed by atoms with Gasteiger partial charge in [-0.15, -0.1) is 0 Å². The fraction of sp³-hybridized carbons (Fsp3) is 0.550. The Hall–Kier alpha value is -2.37. The predicted octanol–water partition coefficient (Wildman–Crippen LogP) is 5.31. The molecule has 0 spiro atoms. The van der Waals surface area contributed by atoms with Gasteiger partial charge in [0.2, 0.25) is 0 Å². The molecule has 1 aromatic carbocycles. The van der Waals surface area contributed by atoms with Crippen molar-refractivity contribution in [3.05, 3.63) is 43.8 Å². The van der Waals surface area contributed by atoms with E-state index in [1.54, 1.807) is 6.92 Å². The molecular formula is C20H27NO5. The molecule has 2 rings (SSSR count). The van der Waals surface area contributed by atoms with Crippen molar-refractivity contribution in [2.45, 2.75) is 65.2 Å². The van der Waals surface area contributed by atoms with Crippen molar-refractivity contribution in [1.29, 1.82) is 0 Å². The van der Waals surface area contributed by atoms with E-state index in [-0.39, 0.29) is 11.3 Å². The molecule has 0 N–H and O–H groups in total. The zero-order valence-electron chi connectivity index (χ0n) is 15.8. The fourth-order valence-corrected chi connectivity index (χ4v) is 3.28. The average molecular weight is 361 g/mol. The van der Waals surface area contributed by atoms with Crippen LogP contribution in [0.15, 0.2) is 21.3 Å². The van der Waals surface area contributed by atoms with Crippen LogP contribution in [0, 0.1) is 17.0 Å². The molecule has 0 radical (unpaired) electrons. The van der Waals surface area contributed by atoms with Gasteiger partial charge in [-0.3, -0.25) is 10.1 Å². The Labute approximate surface area is 153 Å². The summed E-state index contributed by atoms with van der Waals surface area (Å²) in [7, 11) is 1.47. The highest BCUT2D eigenvalue weighted by atomic mass is 16.6. The number of aryl methyl sites for hydroxylation is 1. The van der Waals surface area contributed by atoms with Gasteiger partial charge in [0, 0.05) is 5.56 Å². The Balaban J connectivity index is 2.28. The average Bonchev–Trinajstić information content (AvgIpc) is 2.62. The number of fused-ring (bicyclic) bond motifs is 1. The summed E-state index contributed by atoms with van der Waals surface area (Å²) in [6.07, 6.45) is 8.99. The summed E-state index contributed by atoms with van der Waals surface area (Å²) >= 11 is 0. The first-order chi connectivity index (χ1) is 12.5. The highest BCUT2D eigenvalue weighted by Gasteiger charge is 2.19. The maximum absolute atomic E-state index is 12.2. The van der Waals surface area contributed by atoms with Crippen molar-refractivity contribution < 1.29 is 14.1 Å². The number of hydrogen-bond donors (Lipinski definition) is 0. The normalized spacial score (nSPS) is 11.0. The minimum absolute atomic E-state index is 0.150. The topological polar surface area (TPSA) is 82.6 Å². The van der Waals surface area contributed by atoms with Gasteiger partial charge in [-0.2, -0.15) is 0 Å². The van der Waals surface area contributed by atoms with Crippen LogP contribution in [-0.4, -0.2) is 12.0 Å². The highest BCUT2D eigenvalue weighted by Crippen LogP contribution is 2.34. The lowest BCUT2D eigenvalue weighted by Gasteiger charge is -2.12. The van der Waals surface area contributed by atoms with E-state index in [0.29, 0.717) is 16.7 Å². The van der Waals surface area contributed by atoms with Crippen LogP contribution in [-0.2, 0) is 6.42 Å². The van der Waals surface area contributed by atoms with E-state index >= 15 is 0 Å². The number of non-ortho nitro benzene ring substituents is 1. The molecule has 0 aliphatic carbocycles. The molecule has 0 saturated carbocycles. The van der Waals surface area contributed by atoms with Crippen LogP contribution in [0.1, 0.15) is 63.0 Å². The SMILES string of the molecule is CCCCCCCCCc1c(C)c(=O)oc2cc([N+](=O)[O-])cc(OC)c12. The van der Waals surface area contributed by atoms with Gasteiger partial charge in [0.25, 0.3) is 5.69 Å². The maximum Gasteiger partial charge on any atom is 0.339 e. The second kappa shape index (κ2) is 9.36. The maximum atomic E-state index is 12.2. The zero-order chi connectivity index (χ0) is 19.1. The van der Waals surface area contributed by atoms with Crippen LogP contribution < -0.4 is 10.4 Å². The van der Waals surface area contributed by atoms with Gasteiger partial charge in [-0.25, -0.2) is 4.79 Å². The summed E-state index contributed by atoms with van der Waals surface area (Å²) in [4.78, 5) is 22.7. The number of nitrogens with zero attached hydrogens (tertiary/aromatic N) is 1. The lowest BCUT2D eigenvalue weighted by atomic mass is 9.97. The molecule has 6 heteroatoms. The summed E-state index contributed by atoms with van der Waals surface area (Å²) in [6.45, 7) is 3.94. The molecule has 6 nitrogen and oxygen atoms in total. The largest absolute Gasteiger partial charge is 0.496 e. The van der Waals surface area contributed by atoms with Crippen LogP contribution in [0.25, 0.3) is 11.0 Å². The first-order valence-electron chi connectivity index (χ1n) is 9.28. The first-order valence-corrected chi connectivity index (χ1v) is 9.28. The lowest BCUT2D eigenvalue weighted by molar-refractivity contribution is -0.384. The Morgan fingerprint density at radius 1 is 1.12 bits per heavy atom. The van der Waals surface area contributed by atoms with Crippen LogP contribution in [0.2, 0.25) is 0 Å². The van der Waals surface area contributed by atoms with Crippen molar-refractivity contribution in [3.63, 3.8) is 0 Å². The number of methoxy groups -OCH3 is 1. The molecule has 142 valence electrons. The molecule has 1 aromatic heterocycles. The standard InChI is InChI=1S/C20H27NO5/c1-4-5-6-7-8-9-10-11-16-14(2)20(22)26-18-13-15(21(23)24)12-17(25-3)19(16)18/h12-13H,4-11H2,1-3H3. The van der Waals surface area contributed by atoms with E-state index in [9.17, 15) is 14.9 Å². The van der Waals surface area contributed by atoms with E-state index in [4.69, 9.17) is 9.15 Å². The molecule has 0 aliphatic rings. The third kappa shape index (κ3) is 4.62. The number of ether oxygens (including phenoxy) is 1. The number of nitro benzene ring substituents is 1. The molecule has 2 aromatic rings. The van der Waals surface area contributed by atoms with Gasteiger partial charge in [0.15, 0.2) is 0 Å². The molecule has 0 fully saturated rings. The molecule has 0 bridgehead atoms. The number of unbranched alkanes of at least 4 members (excludes halogenated alkanes) is 6. The Morgan fingerprint density at radius 2 is 1.77 bits per heavy atom. The second-order valence-corrected chi connectivity index (χ2v) is 6.64. The lowest BCUT2D eigenvalue weighted by Crippen LogP contribution is -2.09. The van der Waals surface area contributed by atoms with Gasteiger partial charge < -0.3 is 9.15 Å². The smallest absolute Gasteiger partial charge is 0.339 e. The molecule has 1 heterocycles. The van der Waals surface area contributed by atoms with Crippen LogP contribution in [0.4, 0.5) is 5.69 Å². The van der Waals surface area contributed by atoms with E-state index in [1.165, 1.54) is 51.3 Å². The van der Waals surface area contributed by atoms with Crippen molar-refractivity contribution in [2.75, 3.05) is 7.11 Å². The third-order valence-corrected chi connectivity index (χ3v) is 4.78. The Kier molecular flexibility index (Phi) is 7.18. The van der Waals surface area contributed by atoms with E-state index < -0.39 is 10.5 Å². The summed E-state index contributed by atoms with van der Waals surface area (Å²) in [6, 6.07) is 2.68. The minimum atomic E-state index is -0.516. The quantitative estimate of drug-likeness (QED) is 0.248. The molecule has 26 heavy (non-hydrogen) atoms. The third-order valence-electron chi connectivity index (χ3n) is 4.78. The summed E-state index contributed by atoms with van der Waals surface area (Å²) in [5.41, 5.74) is 1.04. The monoisotopic (exact) mass is 361 g/mol. The zero-order valence-corrected chi connectivity index (χ0v) is 15.8. The van der Waals surface area contributed by atoms with Gasteiger partial charge in [0.05, 0.1) is 29.6 Å². The molecule has 0 amide bonds. The molecule has 0 atom stereocenters. The summed E-state index contributed by atoms with van der Waals surface area (Å²) in [5.74, 6) is 0.374. The number of rotatable bonds is 10. The Morgan fingerprint density at radius 3 is 2.38 bits per heavy atom. The molecular weight excluding hydrogens is 334 g/mol. The molecule has 0 unspecified atom stereocenters. The van der Waals surface area contributed by atoms with E-state index in [1.807, 2.05) is 0 Å². The predicted molar refractivity (Wildman–Crippen MR) is 102 cm³/mol. The summed E-state index contributed by atoms with van der Waals surface area (Å²) in [5, 5.41) is 11.8. The summed E-state index contributed by atoms with van der Waals surface area (Å²) < 4.78 is 10.7. The molecule has 0 saturated heterocycles. The van der Waals surface area contributed by atoms with Gasteiger partial charge >= 0.3 is 5.63 Å². The fourth-order valence-electron chi connectivity index (χ4n) is 3.28. The van der Waals surface area contributed by atoms with Gasteiger partial charge in [0.1, 0.15) is 11.3 Å². The van der Waals surface area contributed by atoms with Gasteiger partial charge in [-0.05, 0) is 25.3 Å². The van der Waals surface area contributed by atoms with Crippen molar-refractivity contribution in [2.24, 2.45) is 0 Å². The van der Waals surface area contributed by atoms with Crippen molar-refractivity contribution in [1.82, 2.24) is 0 Å². The van der Waals surface area contributed by atoms with Crippen LogP contribution >= 0.6 is 0 Å². The van der Waals surface area contributed by atoms with E-state index in [2.05, 4.69) is 6.92 Å². The minimum Gasteiger partial charge on any atom is -0.496 e. The van der Waals surface area contributed by atoms with Crippen molar-refractivity contribution in [3.8, 4) is 5.75 Å². The van der Waals surface area contributed by atoms with Crippen LogP contribution in [0.5, 0.6) is 5.75 Å². The van der Waals surface area contributed by atoms with E-state index in [0.717, 1.165) is 24.8 Å². The second-order valence-electron chi connectivity index (χ2n) is 6.64.